The lowest BCUT2D eigenvalue weighted by Gasteiger charge is -2.13. The SMILES string of the molecule is O=Cc1cc(OC(=O)[C@@H]2CCCN2)cc(C(F)(F)F)c1. The second-order valence-corrected chi connectivity index (χ2v) is 4.48. The van der Waals surface area contributed by atoms with E-state index in [0.29, 0.717) is 25.1 Å². The number of esters is 1. The van der Waals surface area contributed by atoms with E-state index in [1.807, 2.05) is 0 Å². The van der Waals surface area contributed by atoms with Gasteiger partial charge in [-0.1, -0.05) is 0 Å². The van der Waals surface area contributed by atoms with E-state index in [1.54, 1.807) is 0 Å². The van der Waals surface area contributed by atoms with Gasteiger partial charge in [0.05, 0.1) is 5.56 Å². The third-order valence-electron chi connectivity index (χ3n) is 2.96. The van der Waals surface area contributed by atoms with Gasteiger partial charge >= 0.3 is 12.1 Å². The first-order valence-corrected chi connectivity index (χ1v) is 6.02. The maximum Gasteiger partial charge on any atom is 0.416 e. The minimum Gasteiger partial charge on any atom is -0.425 e. The summed E-state index contributed by atoms with van der Waals surface area (Å²) in [5.74, 6) is -0.917. The van der Waals surface area contributed by atoms with Gasteiger partial charge in [0.2, 0.25) is 0 Å². The van der Waals surface area contributed by atoms with E-state index < -0.39 is 23.8 Å². The van der Waals surface area contributed by atoms with Gasteiger partial charge in [0, 0.05) is 5.56 Å². The Bertz CT molecular complexity index is 522. The molecule has 1 aromatic rings. The van der Waals surface area contributed by atoms with Crippen LogP contribution in [0.3, 0.4) is 0 Å². The number of halogens is 3. The molecule has 0 radical (unpaired) electrons. The van der Waals surface area contributed by atoms with Crippen LogP contribution in [0.1, 0.15) is 28.8 Å². The molecular weight excluding hydrogens is 275 g/mol. The van der Waals surface area contributed by atoms with Crippen molar-refractivity contribution in [2.75, 3.05) is 6.54 Å². The predicted octanol–water partition coefficient (Wildman–Crippen LogP) is 2.18. The fourth-order valence-electron chi connectivity index (χ4n) is 1.99. The molecule has 1 heterocycles. The number of carbonyl (C=O) groups is 2. The molecule has 0 aromatic heterocycles. The van der Waals surface area contributed by atoms with Gasteiger partial charge in [-0.2, -0.15) is 13.2 Å². The van der Waals surface area contributed by atoms with Crippen molar-refractivity contribution in [3.63, 3.8) is 0 Å². The highest BCUT2D eigenvalue weighted by atomic mass is 19.4. The van der Waals surface area contributed by atoms with Crippen molar-refractivity contribution in [1.29, 1.82) is 0 Å². The van der Waals surface area contributed by atoms with Gasteiger partial charge in [-0.25, -0.2) is 4.79 Å². The zero-order valence-electron chi connectivity index (χ0n) is 10.4. The van der Waals surface area contributed by atoms with Crippen LogP contribution < -0.4 is 10.1 Å². The smallest absolute Gasteiger partial charge is 0.416 e. The van der Waals surface area contributed by atoms with E-state index in [-0.39, 0.29) is 17.6 Å². The molecule has 1 aliphatic rings. The normalized spacial score (nSPS) is 18.9. The van der Waals surface area contributed by atoms with Crippen molar-refractivity contribution in [2.45, 2.75) is 25.1 Å². The Balaban J connectivity index is 2.22. The average Bonchev–Trinajstić information content (AvgIpc) is 2.91. The summed E-state index contributed by atoms with van der Waals surface area (Å²) in [4.78, 5) is 22.4. The van der Waals surface area contributed by atoms with Crippen molar-refractivity contribution in [3.8, 4) is 5.75 Å². The van der Waals surface area contributed by atoms with Crippen molar-refractivity contribution in [3.05, 3.63) is 29.3 Å². The molecule has 0 amide bonds. The van der Waals surface area contributed by atoms with E-state index in [9.17, 15) is 22.8 Å². The summed E-state index contributed by atoms with van der Waals surface area (Å²) >= 11 is 0. The van der Waals surface area contributed by atoms with Crippen molar-refractivity contribution < 1.29 is 27.5 Å². The van der Waals surface area contributed by atoms with Gasteiger partial charge in [-0.05, 0) is 37.6 Å². The van der Waals surface area contributed by atoms with E-state index in [0.717, 1.165) is 12.5 Å². The second kappa shape index (κ2) is 5.62. The highest BCUT2D eigenvalue weighted by molar-refractivity contribution is 5.80. The third kappa shape index (κ3) is 3.36. The number of hydrogen-bond acceptors (Lipinski definition) is 4. The molecule has 1 aromatic carbocycles. The zero-order valence-corrected chi connectivity index (χ0v) is 10.4. The molecule has 7 heteroatoms. The molecule has 1 atom stereocenters. The number of nitrogens with one attached hydrogen (secondary N) is 1. The first kappa shape index (κ1) is 14.5. The lowest BCUT2D eigenvalue weighted by atomic mass is 10.1. The van der Waals surface area contributed by atoms with Crippen LogP contribution in [0.25, 0.3) is 0 Å². The molecule has 0 bridgehead atoms. The largest absolute Gasteiger partial charge is 0.425 e. The first-order valence-electron chi connectivity index (χ1n) is 6.02. The van der Waals surface area contributed by atoms with Gasteiger partial charge in [-0.15, -0.1) is 0 Å². The summed E-state index contributed by atoms with van der Waals surface area (Å²) in [6.45, 7) is 0.669. The summed E-state index contributed by atoms with van der Waals surface area (Å²) in [6.07, 6.45) is -2.94. The fourth-order valence-corrected chi connectivity index (χ4v) is 1.99. The van der Waals surface area contributed by atoms with Gasteiger partial charge in [0.15, 0.2) is 0 Å². The summed E-state index contributed by atoms with van der Waals surface area (Å²) < 4.78 is 42.9. The highest BCUT2D eigenvalue weighted by Gasteiger charge is 2.32. The molecule has 1 saturated heterocycles. The average molecular weight is 287 g/mol. The van der Waals surface area contributed by atoms with E-state index in [2.05, 4.69) is 5.32 Å². The Morgan fingerprint density at radius 3 is 2.65 bits per heavy atom. The van der Waals surface area contributed by atoms with Crippen LogP contribution in [0.5, 0.6) is 5.75 Å². The van der Waals surface area contributed by atoms with Crippen molar-refractivity contribution in [1.82, 2.24) is 5.32 Å². The van der Waals surface area contributed by atoms with E-state index in [1.165, 1.54) is 0 Å². The Hall–Kier alpha value is -1.89. The summed E-state index contributed by atoms with van der Waals surface area (Å²) in [5.41, 5.74) is -1.22. The van der Waals surface area contributed by atoms with Crippen LogP contribution in [-0.4, -0.2) is 24.8 Å². The fraction of sp³-hybridized carbons (Fsp3) is 0.385. The molecule has 4 nitrogen and oxygen atoms in total. The standard InChI is InChI=1S/C13H12F3NO3/c14-13(15,16)9-4-8(7-18)5-10(6-9)20-12(19)11-2-1-3-17-11/h4-7,11,17H,1-3H2/t11-/m0/s1. The molecule has 0 unspecified atom stereocenters. The Morgan fingerprint density at radius 2 is 2.10 bits per heavy atom. The first-order chi connectivity index (χ1) is 9.40. The molecule has 108 valence electrons. The van der Waals surface area contributed by atoms with Crippen molar-refractivity contribution in [2.24, 2.45) is 0 Å². The number of aldehydes is 1. The Labute approximate surface area is 112 Å². The minimum atomic E-state index is -4.61. The number of hydrogen-bond donors (Lipinski definition) is 1. The molecular formula is C13H12F3NO3. The van der Waals surface area contributed by atoms with E-state index in [4.69, 9.17) is 4.74 Å². The minimum absolute atomic E-state index is 0.193. The molecule has 20 heavy (non-hydrogen) atoms. The van der Waals surface area contributed by atoms with Crippen LogP contribution in [0.15, 0.2) is 18.2 Å². The van der Waals surface area contributed by atoms with Gasteiger partial charge in [0.25, 0.3) is 0 Å². The topological polar surface area (TPSA) is 55.4 Å². The molecule has 1 N–H and O–H groups in total. The summed E-state index contributed by atoms with van der Waals surface area (Å²) in [5, 5.41) is 2.88. The number of benzene rings is 1. The third-order valence-corrected chi connectivity index (χ3v) is 2.96. The maximum atomic E-state index is 12.7. The molecule has 0 spiro atoms. The number of ether oxygens (including phenoxy) is 1. The lowest BCUT2D eigenvalue weighted by Crippen LogP contribution is -2.34. The molecule has 1 aliphatic heterocycles. The van der Waals surface area contributed by atoms with Crippen LogP contribution in [0, 0.1) is 0 Å². The maximum absolute atomic E-state index is 12.7. The van der Waals surface area contributed by atoms with Crippen LogP contribution in [0.4, 0.5) is 13.2 Å². The number of rotatable bonds is 3. The monoisotopic (exact) mass is 287 g/mol. The molecule has 0 saturated carbocycles. The summed E-state index contributed by atoms with van der Waals surface area (Å²) in [7, 11) is 0. The second-order valence-electron chi connectivity index (χ2n) is 4.48. The van der Waals surface area contributed by atoms with Crippen LogP contribution in [-0.2, 0) is 11.0 Å². The quantitative estimate of drug-likeness (QED) is 0.526. The molecule has 0 aliphatic carbocycles. The summed E-state index contributed by atoms with van der Waals surface area (Å²) in [6, 6.07) is 2.01. The molecule has 1 fully saturated rings. The van der Waals surface area contributed by atoms with Crippen LogP contribution >= 0.6 is 0 Å². The Kier molecular flexibility index (Phi) is 4.08. The molecule has 2 rings (SSSR count). The van der Waals surface area contributed by atoms with Gasteiger partial charge in [0.1, 0.15) is 18.1 Å². The van der Waals surface area contributed by atoms with Gasteiger partial charge in [-0.3, -0.25) is 4.79 Å². The predicted molar refractivity (Wildman–Crippen MR) is 63.5 cm³/mol. The Morgan fingerprint density at radius 1 is 1.35 bits per heavy atom. The highest BCUT2D eigenvalue weighted by Crippen LogP contribution is 2.32. The van der Waals surface area contributed by atoms with Crippen molar-refractivity contribution >= 4 is 12.3 Å². The van der Waals surface area contributed by atoms with Crippen LogP contribution in [0.2, 0.25) is 0 Å². The van der Waals surface area contributed by atoms with Gasteiger partial charge < -0.3 is 10.1 Å². The lowest BCUT2D eigenvalue weighted by molar-refractivity contribution is -0.139. The van der Waals surface area contributed by atoms with E-state index >= 15 is 0 Å². The number of alkyl halides is 3. The number of carbonyl (C=O) groups excluding carboxylic acids is 2. The zero-order chi connectivity index (χ0) is 14.8.